The fraction of sp³-hybridized carbons (Fsp3) is 0.278. The number of nitriles is 1. The Morgan fingerprint density at radius 1 is 1.38 bits per heavy atom. The summed E-state index contributed by atoms with van der Waals surface area (Å²) in [5.41, 5.74) is 1.94. The summed E-state index contributed by atoms with van der Waals surface area (Å²) >= 11 is 0. The minimum Gasteiger partial charge on any atom is -0.495 e. The Labute approximate surface area is 140 Å². The zero-order valence-electron chi connectivity index (χ0n) is 13.7. The monoisotopic (exact) mass is 326 g/mol. The number of ether oxygens (including phenoxy) is 2. The van der Waals surface area contributed by atoms with Crippen LogP contribution in [-0.4, -0.2) is 23.2 Å². The lowest BCUT2D eigenvalue weighted by Crippen LogP contribution is -2.08. The molecule has 2 aromatic rings. The molecule has 124 valence electrons. The summed E-state index contributed by atoms with van der Waals surface area (Å²) in [6.07, 6.45) is 2.03. The molecular weight excluding hydrogens is 308 g/mol. The van der Waals surface area contributed by atoms with Crippen LogP contribution in [0.1, 0.15) is 47.1 Å². The summed E-state index contributed by atoms with van der Waals surface area (Å²) < 4.78 is 11.2. The number of benzene rings is 1. The molecule has 1 aromatic carbocycles. The number of aromatic carboxylic acids is 1. The highest BCUT2D eigenvalue weighted by atomic mass is 16.5. The molecule has 0 aliphatic carbocycles. The zero-order valence-corrected chi connectivity index (χ0v) is 13.7. The van der Waals surface area contributed by atoms with E-state index >= 15 is 0 Å². The van der Waals surface area contributed by atoms with Crippen molar-refractivity contribution in [3.05, 3.63) is 52.8 Å². The molecule has 24 heavy (non-hydrogen) atoms. The minimum absolute atomic E-state index is 0.0429. The van der Waals surface area contributed by atoms with Crippen molar-refractivity contribution in [3.8, 4) is 17.6 Å². The molecule has 6 nitrogen and oxygen atoms in total. The minimum atomic E-state index is -1.09. The Morgan fingerprint density at radius 2 is 2.12 bits per heavy atom. The van der Waals surface area contributed by atoms with Crippen LogP contribution in [0, 0.1) is 11.3 Å². The molecule has 2 rings (SSSR count). The molecule has 1 aromatic heterocycles. The molecule has 1 unspecified atom stereocenters. The first-order chi connectivity index (χ1) is 11.5. The highest BCUT2D eigenvalue weighted by Gasteiger charge is 2.17. The van der Waals surface area contributed by atoms with Gasteiger partial charge in [0.25, 0.3) is 0 Å². The largest absolute Gasteiger partial charge is 0.495 e. The Hall–Kier alpha value is -3.07. The quantitative estimate of drug-likeness (QED) is 0.875. The van der Waals surface area contributed by atoms with E-state index in [0.717, 1.165) is 17.7 Å². The maximum atomic E-state index is 11.0. The standard InChI is InChI=1S/C18H18N2O4/c1-4-14-8-15(17(23-3)10-20-14)11(2)24-16-6-5-12(18(21)22)7-13(16)9-19/h5-8,10-11H,4H2,1-3H3,(H,21,22). The Kier molecular flexibility index (Phi) is 5.38. The maximum absolute atomic E-state index is 11.0. The average Bonchev–Trinajstić information content (AvgIpc) is 2.61. The summed E-state index contributed by atoms with van der Waals surface area (Å²) in [5, 5.41) is 18.2. The number of carboxylic acid groups (broad SMARTS) is 1. The van der Waals surface area contributed by atoms with Crippen LogP contribution in [0.5, 0.6) is 11.5 Å². The van der Waals surface area contributed by atoms with Gasteiger partial charge in [0.2, 0.25) is 0 Å². The van der Waals surface area contributed by atoms with E-state index in [1.807, 2.05) is 26.0 Å². The molecule has 0 bridgehead atoms. The summed E-state index contributed by atoms with van der Waals surface area (Å²) in [4.78, 5) is 15.3. The van der Waals surface area contributed by atoms with Crippen LogP contribution >= 0.6 is 0 Å². The molecule has 1 atom stereocenters. The molecule has 1 N–H and O–H groups in total. The van der Waals surface area contributed by atoms with Crippen LogP contribution in [0.4, 0.5) is 0 Å². The van der Waals surface area contributed by atoms with Crippen LogP contribution in [0.2, 0.25) is 0 Å². The molecule has 0 aliphatic rings. The van der Waals surface area contributed by atoms with Crippen molar-refractivity contribution in [1.82, 2.24) is 4.98 Å². The zero-order chi connectivity index (χ0) is 17.7. The lowest BCUT2D eigenvalue weighted by molar-refractivity contribution is 0.0697. The predicted molar refractivity (Wildman–Crippen MR) is 87.3 cm³/mol. The second-order valence-electron chi connectivity index (χ2n) is 5.16. The van der Waals surface area contributed by atoms with Crippen molar-refractivity contribution in [2.45, 2.75) is 26.4 Å². The third kappa shape index (κ3) is 3.63. The van der Waals surface area contributed by atoms with E-state index in [4.69, 9.17) is 14.6 Å². The molecular formula is C18H18N2O4. The Bertz CT molecular complexity index is 796. The molecule has 0 aliphatic heterocycles. The van der Waals surface area contributed by atoms with Gasteiger partial charge in [-0.3, -0.25) is 4.98 Å². The fourth-order valence-electron chi connectivity index (χ4n) is 2.29. The topological polar surface area (TPSA) is 92.4 Å². The number of carbonyl (C=O) groups is 1. The maximum Gasteiger partial charge on any atom is 0.335 e. The number of hydrogen-bond donors (Lipinski definition) is 1. The summed E-state index contributed by atoms with van der Waals surface area (Å²) in [7, 11) is 1.56. The first kappa shape index (κ1) is 17.3. The average molecular weight is 326 g/mol. The first-order valence-corrected chi connectivity index (χ1v) is 7.47. The van der Waals surface area contributed by atoms with Gasteiger partial charge in [-0.2, -0.15) is 5.26 Å². The molecule has 0 spiro atoms. The van der Waals surface area contributed by atoms with Crippen molar-refractivity contribution in [2.75, 3.05) is 7.11 Å². The van der Waals surface area contributed by atoms with E-state index in [0.29, 0.717) is 11.5 Å². The smallest absolute Gasteiger partial charge is 0.335 e. The van der Waals surface area contributed by atoms with Crippen LogP contribution in [-0.2, 0) is 6.42 Å². The van der Waals surface area contributed by atoms with Crippen molar-refractivity contribution < 1.29 is 19.4 Å². The Balaban J connectivity index is 2.35. The van der Waals surface area contributed by atoms with Gasteiger partial charge in [0.1, 0.15) is 23.7 Å². The van der Waals surface area contributed by atoms with E-state index in [1.165, 1.54) is 18.2 Å². The summed E-state index contributed by atoms with van der Waals surface area (Å²) in [6.45, 7) is 3.84. The second kappa shape index (κ2) is 7.47. The molecule has 0 amide bonds. The van der Waals surface area contributed by atoms with Gasteiger partial charge in [-0.25, -0.2) is 4.79 Å². The molecule has 0 saturated carbocycles. The lowest BCUT2D eigenvalue weighted by Gasteiger charge is -2.19. The Morgan fingerprint density at radius 3 is 2.71 bits per heavy atom. The van der Waals surface area contributed by atoms with Gasteiger partial charge in [-0.1, -0.05) is 6.92 Å². The molecule has 0 radical (unpaired) electrons. The van der Waals surface area contributed by atoms with E-state index in [9.17, 15) is 10.1 Å². The number of aromatic nitrogens is 1. The number of methoxy groups -OCH3 is 1. The predicted octanol–water partition coefficient (Wildman–Crippen LogP) is 3.36. The number of aryl methyl sites for hydroxylation is 1. The van der Waals surface area contributed by atoms with Gasteiger partial charge in [-0.15, -0.1) is 0 Å². The highest BCUT2D eigenvalue weighted by Crippen LogP contribution is 2.31. The van der Waals surface area contributed by atoms with Gasteiger partial charge in [0.05, 0.1) is 24.4 Å². The number of rotatable bonds is 6. The number of hydrogen-bond acceptors (Lipinski definition) is 5. The summed E-state index contributed by atoms with van der Waals surface area (Å²) in [6, 6.07) is 8.07. The van der Waals surface area contributed by atoms with Crippen molar-refractivity contribution in [1.29, 1.82) is 5.26 Å². The molecule has 6 heteroatoms. The SMILES string of the molecule is CCc1cc(C(C)Oc2ccc(C(=O)O)cc2C#N)c(OC)cn1. The molecule has 1 heterocycles. The van der Waals surface area contributed by atoms with Gasteiger partial charge < -0.3 is 14.6 Å². The summed E-state index contributed by atoms with van der Waals surface area (Å²) in [5.74, 6) is -0.165. The highest BCUT2D eigenvalue weighted by molar-refractivity contribution is 5.88. The van der Waals surface area contributed by atoms with Crippen LogP contribution in [0.3, 0.4) is 0 Å². The third-order valence-electron chi connectivity index (χ3n) is 3.63. The molecule has 0 saturated heterocycles. The van der Waals surface area contributed by atoms with Crippen LogP contribution in [0.15, 0.2) is 30.5 Å². The lowest BCUT2D eigenvalue weighted by atomic mass is 10.1. The third-order valence-corrected chi connectivity index (χ3v) is 3.63. The number of pyridine rings is 1. The van der Waals surface area contributed by atoms with Gasteiger partial charge >= 0.3 is 5.97 Å². The van der Waals surface area contributed by atoms with Gasteiger partial charge in [0, 0.05) is 11.3 Å². The normalized spacial score (nSPS) is 11.4. The van der Waals surface area contributed by atoms with E-state index in [1.54, 1.807) is 13.3 Å². The van der Waals surface area contributed by atoms with Crippen molar-refractivity contribution >= 4 is 5.97 Å². The number of carboxylic acids is 1. The van der Waals surface area contributed by atoms with E-state index in [2.05, 4.69) is 4.98 Å². The van der Waals surface area contributed by atoms with Crippen LogP contribution in [0.25, 0.3) is 0 Å². The second-order valence-corrected chi connectivity index (χ2v) is 5.16. The van der Waals surface area contributed by atoms with Crippen LogP contribution < -0.4 is 9.47 Å². The van der Waals surface area contributed by atoms with Gasteiger partial charge in [-0.05, 0) is 37.6 Å². The van der Waals surface area contributed by atoms with Crippen molar-refractivity contribution in [3.63, 3.8) is 0 Å². The molecule has 0 fully saturated rings. The fourth-order valence-corrected chi connectivity index (χ4v) is 2.29. The van der Waals surface area contributed by atoms with E-state index < -0.39 is 12.1 Å². The van der Waals surface area contributed by atoms with E-state index in [-0.39, 0.29) is 11.1 Å². The van der Waals surface area contributed by atoms with Gasteiger partial charge in [0.15, 0.2) is 0 Å². The first-order valence-electron chi connectivity index (χ1n) is 7.47. The van der Waals surface area contributed by atoms with Crippen molar-refractivity contribution in [2.24, 2.45) is 0 Å². The number of nitrogens with zero attached hydrogens (tertiary/aromatic N) is 2.